The van der Waals surface area contributed by atoms with Gasteiger partial charge in [-0.15, -0.1) is 0 Å². The predicted molar refractivity (Wildman–Crippen MR) is 222 cm³/mol. The highest BCUT2D eigenvalue weighted by Crippen LogP contribution is 2.51. The highest BCUT2D eigenvalue weighted by Gasteiger charge is 2.27. The lowest BCUT2D eigenvalue weighted by Crippen LogP contribution is -2.03. The van der Waals surface area contributed by atoms with Gasteiger partial charge in [0, 0.05) is 21.7 Å². The van der Waals surface area contributed by atoms with E-state index in [9.17, 15) is 0 Å². The summed E-state index contributed by atoms with van der Waals surface area (Å²) in [4.78, 5) is 10.8. The molecule has 11 aromatic rings. The Kier molecular flexibility index (Phi) is 5.77. The van der Waals surface area contributed by atoms with E-state index in [1.54, 1.807) is 0 Å². The van der Waals surface area contributed by atoms with Gasteiger partial charge in [0.1, 0.15) is 0 Å². The molecule has 2 heterocycles. The Balaban J connectivity index is 1.14. The lowest BCUT2D eigenvalue weighted by atomic mass is 9.96. The van der Waals surface area contributed by atoms with Crippen molar-refractivity contribution in [2.24, 2.45) is 0 Å². The number of fused-ring (bicyclic) bond motifs is 11. The van der Waals surface area contributed by atoms with E-state index in [0.29, 0.717) is 5.95 Å². The average Bonchev–Trinajstić information content (AvgIpc) is 3.74. The molecular formula is C50H29N3. The molecule has 0 saturated carbocycles. The first-order valence-electron chi connectivity index (χ1n) is 18.2. The molecule has 0 fully saturated rings. The number of para-hydroxylation sites is 1. The summed E-state index contributed by atoms with van der Waals surface area (Å²) < 4.78 is 2.31. The number of rotatable bonds is 3. The molecule has 0 amide bonds. The first kappa shape index (κ1) is 28.6. The fourth-order valence-corrected chi connectivity index (χ4v) is 8.93. The van der Waals surface area contributed by atoms with Crippen LogP contribution in [0, 0.1) is 0 Å². The molecule has 1 aliphatic rings. The van der Waals surface area contributed by atoms with Crippen molar-refractivity contribution in [2.75, 3.05) is 0 Å². The van der Waals surface area contributed by atoms with E-state index in [1.165, 1.54) is 76.5 Å². The number of nitrogens with zero attached hydrogens (tertiary/aromatic N) is 3. The molecular weight excluding hydrogens is 643 g/mol. The molecule has 9 aromatic carbocycles. The molecule has 53 heavy (non-hydrogen) atoms. The number of hydrogen-bond acceptors (Lipinski definition) is 2. The third kappa shape index (κ3) is 4.05. The Hall–Kier alpha value is -7.10. The topological polar surface area (TPSA) is 30.7 Å². The fourth-order valence-electron chi connectivity index (χ4n) is 8.93. The molecule has 3 heteroatoms. The molecule has 0 spiro atoms. The summed E-state index contributed by atoms with van der Waals surface area (Å²) in [5, 5.41) is 11.0. The van der Waals surface area contributed by atoms with Gasteiger partial charge < -0.3 is 0 Å². The van der Waals surface area contributed by atoms with E-state index < -0.39 is 0 Å². The van der Waals surface area contributed by atoms with Crippen LogP contribution in [0.2, 0.25) is 0 Å². The maximum absolute atomic E-state index is 5.48. The van der Waals surface area contributed by atoms with E-state index >= 15 is 0 Å². The zero-order chi connectivity index (χ0) is 34.6. The van der Waals surface area contributed by atoms with E-state index in [-0.39, 0.29) is 0 Å². The summed E-state index contributed by atoms with van der Waals surface area (Å²) in [5.74, 6) is 0.668. The molecule has 1 aliphatic carbocycles. The normalized spacial score (nSPS) is 12.2. The Labute approximate surface area is 305 Å². The minimum Gasteiger partial charge on any atom is -0.278 e. The largest absolute Gasteiger partial charge is 0.278 e. The highest BCUT2D eigenvalue weighted by molar-refractivity contribution is 6.33. The monoisotopic (exact) mass is 671 g/mol. The molecule has 0 N–H and O–H groups in total. The van der Waals surface area contributed by atoms with Crippen LogP contribution in [0.3, 0.4) is 0 Å². The van der Waals surface area contributed by atoms with Crippen LogP contribution in [0.1, 0.15) is 0 Å². The van der Waals surface area contributed by atoms with Crippen LogP contribution in [0.25, 0.3) is 116 Å². The Morgan fingerprint density at radius 3 is 1.83 bits per heavy atom. The van der Waals surface area contributed by atoms with Gasteiger partial charge in [0.25, 0.3) is 0 Å². The highest BCUT2D eigenvalue weighted by atomic mass is 15.2. The second-order valence-corrected chi connectivity index (χ2v) is 14.1. The number of aromatic nitrogens is 3. The molecule has 3 nitrogen and oxygen atoms in total. The van der Waals surface area contributed by atoms with Crippen LogP contribution < -0.4 is 0 Å². The van der Waals surface area contributed by atoms with E-state index in [0.717, 1.165) is 33.2 Å². The van der Waals surface area contributed by atoms with Crippen LogP contribution >= 0.6 is 0 Å². The SMILES string of the molecule is c1ccc2c(c1)-c1cccc3c1c-2cc1c3c2c3ccccc3ccc2n1-c1nc(-c2ccc(-c3ccc4ccccc4c3)cc2)c2ccccc2n1. The van der Waals surface area contributed by atoms with Crippen LogP contribution in [0.5, 0.6) is 0 Å². The Morgan fingerprint density at radius 1 is 0.340 bits per heavy atom. The predicted octanol–water partition coefficient (Wildman–Crippen LogP) is 13.2. The summed E-state index contributed by atoms with van der Waals surface area (Å²) in [6, 6.07) is 63.6. The zero-order valence-electron chi connectivity index (χ0n) is 28.6. The molecule has 0 aliphatic heterocycles. The fraction of sp³-hybridized carbons (Fsp3) is 0. The quantitative estimate of drug-likeness (QED) is 0.187. The van der Waals surface area contributed by atoms with Gasteiger partial charge >= 0.3 is 0 Å². The minimum absolute atomic E-state index is 0.668. The third-order valence-corrected chi connectivity index (χ3v) is 11.3. The zero-order valence-corrected chi connectivity index (χ0v) is 28.6. The maximum atomic E-state index is 5.48. The molecule has 0 bridgehead atoms. The molecule has 0 atom stereocenters. The van der Waals surface area contributed by atoms with Crippen molar-refractivity contribution in [1.82, 2.24) is 14.5 Å². The molecule has 0 saturated heterocycles. The average molecular weight is 672 g/mol. The van der Waals surface area contributed by atoms with Crippen molar-refractivity contribution in [2.45, 2.75) is 0 Å². The van der Waals surface area contributed by atoms with Crippen molar-refractivity contribution in [1.29, 1.82) is 0 Å². The van der Waals surface area contributed by atoms with Crippen molar-refractivity contribution >= 4 is 65.0 Å². The van der Waals surface area contributed by atoms with Gasteiger partial charge in [-0.25, -0.2) is 9.97 Å². The van der Waals surface area contributed by atoms with Crippen molar-refractivity contribution in [3.05, 3.63) is 176 Å². The minimum atomic E-state index is 0.668. The molecule has 12 rings (SSSR count). The molecule has 0 unspecified atom stereocenters. The van der Waals surface area contributed by atoms with Crippen molar-refractivity contribution < 1.29 is 0 Å². The van der Waals surface area contributed by atoms with Gasteiger partial charge in [0.15, 0.2) is 0 Å². The number of hydrogen-bond donors (Lipinski definition) is 0. The van der Waals surface area contributed by atoms with E-state index in [4.69, 9.17) is 9.97 Å². The van der Waals surface area contributed by atoms with Crippen molar-refractivity contribution in [3.8, 4) is 50.6 Å². The lowest BCUT2D eigenvalue weighted by molar-refractivity contribution is 1.01. The van der Waals surface area contributed by atoms with E-state index in [1.807, 2.05) is 0 Å². The second kappa shape index (κ2) is 10.7. The van der Waals surface area contributed by atoms with Gasteiger partial charge in [-0.1, -0.05) is 152 Å². The smallest absolute Gasteiger partial charge is 0.235 e. The van der Waals surface area contributed by atoms with Crippen LogP contribution in [0.4, 0.5) is 0 Å². The Bertz CT molecular complexity index is 3330. The second-order valence-electron chi connectivity index (χ2n) is 14.1. The summed E-state index contributed by atoms with van der Waals surface area (Å²) in [5.41, 5.74) is 12.6. The van der Waals surface area contributed by atoms with Gasteiger partial charge in [0.05, 0.1) is 22.2 Å². The molecule has 244 valence electrons. The maximum Gasteiger partial charge on any atom is 0.235 e. The first-order valence-corrected chi connectivity index (χ1v) is 18.2. The van der Waals surface area contributed by atoms with Gasteiger partial charge in [-0.3, -0.25) is 4.57 Å². The standard InChI is InChI=1S/C50H29N3/c1-2-12-34-28-35(25-22-30(34)10-1)31-20-23-33(24-21-31)49-40-16-7-8-19-43(40)51-50(52-49)53-44-27-26-32-11-3-4-13-36(32)47(44)48-41-18-9-17-39-37-14-5-6-15-38(37)42(46(39)41)29-45(48)53/h1-29H. The number of benzene rings is 9. The molecule has 0 radical (unpaired) electrons. The van der Waals surface area contributed by atoms with Gasteiger partial charge in [0.2, 0.25) is 5.95 Å². The lowest BCUT2D eigenvalue weighted by Gasteiger charge is -2.13. The summed E-state index contributed by atoms with van der Waals surface area (Å²) in [6.45, 7) is 0. The summed E-state index contributed by atoms with van der Waals surface area (Å²) >= 11 is 0. The van der Waals surface area contributed by atoms with Gasteiger partial charge in [-0.05, 0) is 90.0 Å². The van der Waals surface area contributed by atoms with Crippen LogP contribution in [-0.2, 0) is 0 Å². The van der Waals surface area contributed by atoms with Crippen molar-refractivity contribution in [3.63, 3.8) is 0 Å². The Morgan fingerprint density at radius 2 is 0.962 bits per heavy atom. The van der Waals surface area contributed by atoms with Gasteiger partial charge in [-0.2, -0.15) is 0 Å². The third-order valence-electron chi connectivity index (χ3n) is 11.3. The first-order chi connectivity index (χ1) is 26.3. The summed E-state index contributed by atoms with van der Waals surface area (Å²) in [7, 11) is 0. The summed E-state index contributed by atoms with van der Waals surface area (Å²) in [6.07, 6.45) is 0. The molecule has 2 aromatic heterocycles. The van der Waals surface area contributed by atoms with Crippen LogP contribution in [0.15, 0.2) is 176 Å². The van der Waals surface area contributed by atoms with Crippen LogP contribution in [-0.4, -0.2) is 14.5 Å². The van der Waals surface area contributed by atoms with E-state index in [2.05, 4.69) is 180 Å².